The predicted molar refractivity (Wildman–Crippen MR) is 92.7 cm³/mol. The van der Waals surface area contributed by atoms with Crippen LogP contribution in [0.1, 0.15) is 57.2 Å². The van der Waals surface area contributed by atoms with Gasteiger partial charge >= 0.3 is 6.03 Å². The molecule has 1 aliphatic carbocycles. The number of H-pyrrole nitrogens is 1. The molecular weight excluding hydrogens is 310 g/mol. The fraction of sp³-hybridized carbons (Fsp3) is 0.706. The largest absolute Gasteiger partial charge is 0.363 e. The minimum Gasteiger partial charge on any atom is -0.363 e. The molecule has 1 saturated heterocycles. The lowest BCUT2D eigenvalue weighted by Gasteiger charge is -2.32. The standard InChI is InChI=1S/C17H27N3O2S/c1-2-23(22)14-7-3-6-13(12-14)19-17(21)20-11-5-9-16(20)15-8-4-10-18-15/h4,8,10,13-14,16,18H,2-3,5-7,9,11-12H2,1H3,(H,19,21). The van der Waals surface area contributed by atoms with Gasteiger partial charge in [0.25, 0.3) is 0 Å². The Labute approximate surface area is 140 Å². The topological polar surface area (TPSA) is 65.2 Å². The molecule has 4 unspecified atom stereocenters. The van der Waals surface area contributed by atoms with Crippen molar-refractivity contribution in [3.63, 3.8) is 0 Å². The summed E-state index contributed by atoms with van der Waals surface area (Å²) < 4.78 is 12.0. The lowest BCUT2D eigenvalue weighted by Crippen LogP contribution is -2.47. The number of urea groups is 1. The van der Waals surface area contributed by atoms with Gasteiger partial charge in [-0.25, -0.2) is 4.79 Å². The number of likely N-dealkylation sites (tertiary alicyclic amines) is 1. The van der Waals surface area contributed by atoms with Gasteiger partial charge in [0.05, 0.1) is 6.04 Å². The number of hydrogen-bond donors (Lipinski definition) is 2. The number of nitrogens with one attached hydrogen (secondary N) is 2. The highest BCUT2D eigenvalue weighted by Crippen LogP contribution is 2.31. The number of aromatic amines is 1. The van der Waals surface area contributed by atoms with Crippen LogP contribution in [0.15, 0.2) is 18.3 Å². The molecule has 3 rings (SSSR count). The molecule has 0 aromatic carbocycles. The van der Waals surface area contributed by atoms with Crippen LogP contribution in [0, 0.1) is 0 Å². The summed E-state index contributed by atoms with van der Waals surface area (Å²) in [5.74, 6) is 0.715. The summed E-state index contributed by atoms with van der Waals surface area (Å²) in [7, 11) is -0.752. The molecule has 0 radical (unpaired) electrons. The number of rotatable bonds is 4. The summed E-state index contributed by atoms with van der Waals surface area (Å²) >= 11 is 0. The second-order valence-corrected chi connectivity index (χ2v) is 8.59. The summed E-state index contributed by atoms with van der Waals surface area (Å²) in [6.07, 6.45) is 7.92. The maximum atomic E-state index is 12.7. The van der Waals surface area contributed by atoms with E-state index >= 15 is 0 Å². The van der Waals surface area contributed by atoms with Crippen molar-refractivity contribution in [2.24, 2.45) is 0 Å². The van der Waals surface area contributed by atoms with Crippen LogP contribution in [0.5, 0.6) is 0 Å². The molecule has 128 valence electrons. The number of carbonyl (C=O) groups is 1. The molecular formula is C17H27N3O2S. The first-order chi connectivity index (χ1) is 11.2. The number of aromatic nitrogens is 1. The first-order valence-electron chi connectivity index (χ1n) is 8.76. The van der Waals surface area contributed by atoms with Crippen molar-refractivity contribution in [1.82, 2.24) is 15.2 Å². The van der Waals surface area contributed by atoms with E-state index in [9.17, 15) is 9.00 Å². The Balaban J connectivity index is 1.59. The highest BCUT2D eigenvalue weighted by Gasteiger charge is 2.33. The van der Waals surface area contributed by atoms with Crippen LogP contribution in [-0.4, -0.2) is 43.7 Å². The zero-order valence-corrected chi connectivity index (χ0v) is 14.6. The van der Waals surface area contributed by atoms with Crippen molar-refractivity contribution >= 4 is 16.8 Å². The van der Waals surface area contributed by atoms with Gasteiger partial charge in [0.1, 0.15) is 0 Å². The maximum Gasteiger partial charge on any atom is 0.318 e. The van der Waals surface area contributed by atoms with E-state index in [0.29, 0.717) is 5.75 Å². The zero-order valence-electron chi connectivity index (χ0n) is 13.8. The van der Waals surface area contributed by atoms with Gasteiger partial charge < -0.3 is 15.2 Å². The van der Waals surface area contributed by atoms with Gasteiger partial charge in [-0.3, -0.25) is 4.21 Å². The van der Waals surface area contributed by atoms with Gasteiger partial charge in [-0.15, -0.1) is 0 Å². The van der Waals surface area contributed by atoms with E-state index < -0.39 is 10.8 Å². The van der Waals surface area contributed by atoms with Crippen molar-refractivity contribution in [3.8, 4) is 0 Å². The molecule has 4 atom stereocenters. The fourth-order valence-corrected chi connectivity index (χ4v) is 5.24. The van der Waals surface area contributed by atoms with E-state index in [1.165, 1.54) is 0 Å². The smallest absolute Gasteiger partial charge is 0.318 e. The Morgan fingerprint density at radius 1 is 1.39 bits per heavy atom. The Morgan fingerprint density at radius 2 is 2.26 bits per heavy atom. The molecule has 2 heterocycles. The second-order valence-electron chi connectivity index (χ2n) is 6.58. The van der Waals surface area contributed by atoms with Crippen LogP contribution >= 0.6 is 0 Å². The van der Waals surface area contributed by atoms with Gasteiger partial charge in [-0.2, -0.15) is 0 Å². The van der Waals surface area contributed by atoms with E-state index in [0.717, 1.165) is 50.8 Å². The molecule has 0 bridgehead atoms. The van der Waals surface area contributed by atoms with Crippen LogP contribution in [0.4, 0.5) is 4.79 Å². The van der Waals surface area contributed by atoms with Gasteiger partial charge in [0.15, 0.2) is 0 Å². The van der Waals surface area contributed by atoms with E-state index in [2.05, 4.69) is 16.4 Å². The van der Waals surface area contributed by atoms with Gasteiger partial charge in [-0.1, -0.05) is 13.3 Å². The van der Waals surface area contributed by atoms with E-state index in [1.807, 2.05) is 24.1 Å². The normalized spacial score (nSPS) is 29.4. The quantitative estimate of drug-likeness (QED) is 0.887. The van der Waals surface area contributed by atoms with Gasteiger partial charge in [0.2, 0.25) is 0 Å². The summed E-state index contributed by atoms with van der Waals surface area (Å²) in [5, 5.41) is 3.45. The van der Waals surface area contributed by atoms with Gasteiger partial charge in [0, 0.05) is 46.3 Å². The Kier molecular flexibility index (Phi) is 5.41. The monoisotopic (exact) mass is 337 g/mol. The molecule has 1 saturated carbocycles. The molecule has 2 aliphatic rings. The number of carbonyl (C=O) groups excluding carboxylic acids is 1. The van der Waals surface area contributed by atoms with Crippen LogP contribution in [0.3, 0.4) is 0 Å². The van der Waals surface area contributed by atoms with Gasteiger partial charge in [-0.05, 0) is 44.2 Å². The average Bonchev–Trinajstić information content (AvgIpc) is 3.24. The minimum absolute atomic E-state index is 0.0371. The molecule has 0 spiro atoms. The van der Waals surface area contributed by atoms with Crippen molar-refractivity contribution < 1.29 is 9.00 Å². The van der Waals surface area contributed by atoms with Crippen molar-refractivity contribution in [3.05, 3.63) is 24.0 Å². The zero-order chi connectivity index (χ0) is 16.2. The number of amides is 2. The van der Waals surface area contributed by atoms with Crippen molar-refractivity contribution in [2.75, 3.05) is 12.3 Å². The SMILES string of the molecule is CCS(=O)C1CCCC(NC(=O)N2CCCC2c2ccc[nH]2)C1. The molecule has 6 heteroatoms. The first-order valence-corrected chi connectivity index (χ1v) is 10.1. The minimum atomic E-state index is -0.752. The summed E-state index contributed by atoms with van der Waals surface area (Å²) in [4.78, 5) is 17.9. The third kappa shape index (κ3) is 3.79. The third-order valence-electron chi connectivity index (χ3n) is 5.10. The molecule has 2 amide bonds. The Morgan fingerprint density at radius 3 is 3.00 bits per heavy atom. The fourth-order valence-electron chi connectivity index (χ4n) is 3.89. The molecule has 1 aromatic heterocycles. The van der Waals surface area contributed by atoms with Crippen LogP contribution < -0.4 is 5.32 Å². The second kappa shape index (κ2) is 7.51. The molecule has 1 aromatic rings. The highest BCUT2D eigenvalue weighted by molar-refractivity contribution is 7.85. The molecule has 23 heavy (non-hydrogen) atoms. The highest BCUT2D eigenvalue weighted by atomic mass is 32.2. The predicted octanol–water partition coefficient (Wildman–Crippen LogP) is 2.94. The van der Waals surface area contributed by atoms with Crippen LogP contribution in [0.25, 0.3) is 0 Å². The Hall–Kier alpha value is -1.30. The summed E-state index contributed by atoms with van der Waals surface area (Å²) in [6.45, 7) is 2.79. The van der Waals surface area contributed by atoms with Crippen LogP contribution in [-0.2, 0) is 10.8 Å². The summed E-state index contributed by atoms with van der Waals surface area (Å²) in [6, 6.07) is 4.40. The number of hydrogen-bond acceptors (Lipinski definition) is 2. The van der Waals surface area contributed by atoms with E-state index in [-0.39, 0.29) is 23.4 Å². The van der Waals surface area contributed by atoms with Crippen molar-refractivity contribution in [2.45, 2.75) is 62.8 Å². The first kappa shape index (κ1) is 16.6. The molecule has 5 nitrogen and oxygen atoms in total. The van der Waals surface area contributed by atoms with E-state index in [4.69, 9.17) is 0 Å². The third-order valence-corrected chi connectivity index (χ3v) is 6.85. The average molecular weight is 337 g/mol. The molecule has 1 aliphatic heterocycles. The molecule has 2 N–H and O–H groups in total. The van der Waals surface area contributed by atoms with E-state index in [1.54, 1.807) is 0 Å². The lowest BCUT2D eigenvalue weighted by molar-refractivity contribution is 0.184. The van der Waals surface area contributed by atoms with Crippen LogP contribution in [0.2, 0.25) is 0 Å². The number of nitrogens with zero attached hydrogens (tertiary/aromatic N) is 1. The van der Waals surface area contributed by atoms with Crippen molar-refractivity contribution in [1.29, 1.82) is 0 Å². The maximum absolute atomic E-state index is 12.7. The lowest BCUT2D eigenvalue weighted by atomic mass is 9.95. The summed E-state index contributed by atoms with van der Waals surface area (Å²) in [5.41, 5.74) is 1.12. The Bertz CT molecular complexity index is 546. The molecule has 2 fully saturated rings.